The highest BCUT2D eigenvalue weighted by Gasteiger charge is 2.25. The highest BCUT2D eigenvalue weighted by molar-refractivity contribution is 6.38. The predicted octanol–water partition coefficient (Wildman–Crippen LogP) is 12.3. The summed E-state index contributed by atoms with van der Waals surface area (Å²) in [5, 5.41) is 10.2. The van der Waals surface area contributed by atoms with Gasteiger partial charge in [0.1, 0.15) is 0 Å². The molecular formula is C49H29N5. The third kappa shape index (κ3) is 4.01. The second-order valence-electron chi connectivity index (χ2n) is 14.0. The molecule has 5 nitrogen and oxygen atoms in total. The first-order valence-corrected chi connectivity index (χ1v) is 18.3. The van der Waals surface area contributed by atoms with E-state index in [1.54, 1.807) is 0 Å². The molecule has 5 heteroatoms. The van der Waals surface area contributed by atoms with Crippen LogP contribution in [0.1, 0.15) is 0 Å². The quantitative estimate of drug-likeness (QED) is 0.185. The molecule has 0 amide bonds. The summed E-state index contributed by atoms with van der Waals surface area (Å²) in [6.07, 6.45) is 0. The van der Waals surface area contributed by atoms with Gasteiger partial charge in [0.2, 0.25) is 0 Å². The van der Waals surface area contributed by atoms with Crippen LogP contribution in [0.3, 0.4) is 0 Å². The maximum atomic E-state index is 5.01. The Labute approximate surface area is 309 Å². The van der Waals surface area contributed by atoms with E-state index in [9.17, 15) is 0 Å². The molecule has 0 spiro atoms. The Kier molecular flexibility index (Phi) is 5.99. The Morgan fingerprint density at radius 3 is 1.39 bits per heavy atom. The smallest absolute Gasteiger partial charge is 0.164 e. The van der Waals surface area contributed by atoms with Crippen LogP contribution < -0.4 is 0 Å². The molecule has 0 N–H and O–H groups in total. The molecule has 0 atom stereocenters. The minimum absolute atomic E-state index is 0.639. The molecule has 0 unspecified atom stereocenters. The number of fused-ring (bicyclic) bond motifs is 13. The van der Waals surface area contributed by atoms with Crippen LogP contribution in [-0.2, 0) is 0 Å². The van der Waals surface area contributed by atoms with Gasteiger partial charge in [-0.25, -0.2) is 15.0 Å². The van der Waals surface area contributed by atoms with E-state index in [4.69, 9.17) is 15.0 Å². The molecule has 4 heterocycles. The van der Waals surface area contributed by atoms with E-state index in [2.05, 4.69) is 124 Å². The van der Waals surface area contributed by atoms with Crippen LogP contribution in [0.4, 0.5) is 0 Å². The average Bonchev–Trinajstić information content (AvgIpc) is 3.90. The van der Waals surface area contributed by atoms with Gasteiger partial charge < -0.3 is 8.97 Å². The highest BCUT2D eigenvalue weighted by Crippen LogP contribution is 2.48. The Bertz CT molecular complexity index is 3350. The molecule has 0 radical (unpaired) electrons. The lowest BCUT2D eigenvalue weighted by Crippen LogP contribution is -2.00. The molecule has 0 aliphatic carbocycles. The number of nitrogens with zero attached hydrogens (tertiary/aromatic N) is 5. The minimum Gasteiger partial charge on any atom is -0.307 e. The molecule has 0 saturated carbocycles. The van der Waals surface area contributed by atoms with E-state index in [1.807, 2.05) is 60.7 Å². The van der Waals surface area contributed by atoms with Crippen LogP contribution in [0.2, 0.25) is 0 Å². The predicted molar refractivity (Wildman–Crippen MR) is 223 cm³/mol. The third-order valence-corrected chi connectivity index (χ3v) is 11.1. The largest absolute Gasteiger partial charge is 0.307 e. The van der Waals surface area contributed by atoms with Gasteiger partial charge in [0, 0.05) is 54.7 Å². The SMILES string of the molecule is c1ccc(-c2nc(-c3ccccc3)nc(-c3ccc(-n4c5ccccc5c5c6ccccc6c6c7cccc8c9ccccc9n(c87)c6c54)cc3)n2)cc1. The Balaban J connectivity index is 1.16. The fourth-order valence-corrected chi connectivity index (χ4v) is 8.81. The zero-order chi connectivity index (χ0) is 35.3. The number of hydrogen-bond acceptors (Lipinski definition) is 3. The second kappa shape index (κ2) is 11.1. The first kappa shape index (κ1) is 29.2. The van der Waals surface area contributed by atoms with E-state index in [0.29, 0.717) is 17.5 Å². The van der Waals surface area contributed by atoms with Crippen molar-refractivity contribution in [3.05, 3.63) is 176 Å². The second-order valence-corrected chi connectivity index (χ2v) is 14.0. The first-order valence-electron chi connectivity index (χ1n) is 18.3. The monoisotopic (exact) mass is 687 g/mol. The molecule has 250 valence electrons. The van der Waals surface area contributed by atoms with Crippen molar-refractivity contribution < 1.29 is 0 Å². The van der Waals surface area contributed by atoms with Gasteiger partial charge in [-0.3, -0.25) is 0 Å². The van der Waals surface area contributed by atoms with Gasteiger partial charge in [0.25, 0.3) is 0 Å². The van der Waals surface area contributed by atoms with Gasteiger partial charge in [-0.15, -0.1) is 0 Å². The molecule has 12 rings (SSSR count). The fraction of sp³-hybridized carbons (Fsp3) is 0. The van der Waals surface area contributed by atoms with Gasteiger partial charge in [-0.2, -0.15) is 0 Å². The van der Waals surface area contributed by atoms with Crippen LogP contribution in [0.25, 0.3) is 111 Å². The maximum Gasteiger partial charge on any atom is 0.164 e. The topological polar surface area (TPSA) is 48.0 Å². The lowest BCUT2D eigenvalue weighted by atomic mass is 9.98. The third-order valence-electron chi connectivity index (χ3n) is 11.1. The van der Waals surface area contributed by atoms with Crippen molar-refractivity contribution >= 4 is 70.7 Å². The van der Waals surface area contributed by atoms with Gasteiger partial charge >= 0.3 is 0 Å². The van der Waals surface area contributed by atoms with Crippen LogP contribution in [0, 0.1) is 0 Å². The van der Waals surface area contributed by atoms with Crippen molar-refractivity contribution in [2.75, 3.05) is 0 Å². The van der Waals surface area contributed by atoms with E-state index in [-0.39, 0.29) is 0 Å². The molecule has 12 aromatic rings. The molecular weight excluding hydrogens is 659 g/mol. The van der Waals surface area contributed by atoms with Crippen LogP contribution in [0.15, 0.2) is 176 Å². The number of benzene rings is 8. The summed E-state index contributed by atoms with van der Waals surface area (Å²) in [7, 11) is 0. The van der Waals surface area contributed by atoms with E-state index < -0.39 is 0 Å². The van der Waals surface area contributed by atoms with Crippen LogP contribution in [-0.4, -0.2) is 23.9 Å². The number of hydrogen-bond donors (Lipinski definition) is 0. The summed E-state index contributed by atoms with van der Waals surface area (Å²) in [5.74, 6) is 1.94. The Morgan fingerprint density at radius 2 is 0.759 bits per heavy atom. The van der Waals surface area contributed by atoms with Crippen molar-refractivity contribution in [2.45, 2.75) is 0 Å². The van der Waals surface area contributed by atoms with Crippen molar-refractivity contribution in [1.82, 2.24) is 23.9 Å². The normalized spacial score (nSPS) is 12.1. The standard InChI is InChI=1S/C49H29N5/c1-3-14-30(15-4-1)47-50-48(31-16-5-2-6-17-31)52-49(51-47)32-26-28-33(29-27-32)53-41-25-12-10-21-38(41)42-35-19-7-8-20-36(35)43-39-23-13-22-37-34-18-9-11-24-40(34)54(44(37)39)46(43)45(42)53/h1-29H. The maximum absolute atomic E-state index is 5.01. The summed E-state index contributed by atoms with van der Waals surface area (Å²) < 4.78 is 4.99. The number of rotatable bonds is 4. The molecule has 8 aromatic carbocycles. The van der Waals surface area contributed by atoms with Crippen molar-refractivity contribution in [2.24, 2.45) is 0 Å². The van der Waals surface area contributed by atoms with Crippen LogP contribution >= 0.6 is 0 Å². The molecule has 0 fully saturated rings. The highest BCUT2D eigenvalue weighted by atomic mass is 15.0. The minimum atomic E-state index is 0.639. The lowest BCUT2D eigenvalue weighted by Gasteiger charge is -2.12. The van der Waals surface area contributed by atoms with E-state index >= 15 is 0 Å². The summed E-state index contributed by atoms with van der Waals surface area (Å²) in [5.41, 5.74) is 10.0. The first-order chi connectivity index (χ1) is 26.8. The van der Waals surface area contributed by atoms with E-state index in [1.165, 1.54) is 70.7 Å². The van der Waals surface area contributed by atoms with Gasteiger partial charge in [0.15, 0.2) is 17.5 Å². The molecule has 0 bridgehead atoms. The summed E-state index contributed by atoms with van der Waals surface area (Å²) in [6.45, 7) is 0. The summed E-state index contributed by atoms with van der Waals surface area (Å²) in [6, 6.07) is 62.3. The zero-order valence-corrected chi connectivity index (χ0v) is 29.0. The molecule has 0 saturated heterocycles. The van der Waals surface area contributed by atoms with Crippen molar-refractivity contribution in [1.29, 1.82) is 0 Å². The number of para-hydroxylation sites is 3. The molecule has 0 aliphatic rings. The Hall–Kier alpha value is -7.37. The van der Waals surface area contributed by atoms with Gasteiger partial charge in [0.05, 0.1) is 27.6 Å². The Morgan fingerprint density at radius 1 is 0.296 bits per heavy atom. The lowest BCUT2D eigenvalue weighted by molar-refractivity contribution is 1.07. The van der Waals surface area contributed by atoms with Crippen molar-refractivity contribution in [3.8, 4) is 39.9 Å². The van der Waals surface area contributed by atoms with E-state index in [0.717, 1.165) is 22.4 Å². The zero-order valence-electron chi connectivity index (χ0n) is 29.0. The average molecular weight is 688 g/mol. The van der Waals surface area contributed by atoms with Crippen molar-refractivity contribution in [3.63, 3.8) is 0 Å². The molecule has 54 heavy (non-hydrogen) atoms. The summed E-state index contributed by atoms with van der Waals surface area (Å²) >= 11 is 0. The van der Waals surface area contributed by atoms with Crippen LogP contribution in [0.5, 0.6) is 0 Å². The molecule has 4 aromatic heterocycles. The fourth-order valence-electron chi connectivity index (χ4n) is 8.81. The molecule has 0 aliphatic heterocycles. The number of aromatic nitrogens is 5. The summed E-state index contributed by atoms with van der Waals surface area (Å²) in [4.78, 5) is 14.9. The van der Waals surface area contributed by atoms with Gasteiger partial charge in [-0.05, 0) is 47.2 Å². The van der Waals surface area contributed by atoms with Gasteiger partial charge in [-0.1, -0.05) is 140 Å².